The lowest BCUT2D eigenvalue weighted by Crippen LogP contribution is -2.11. The van der Waals surface area contributed by atoms with Gasteiger partial charge < -0.3 is 0 Å². The first-order valence-corrected chi connectivity index (χ1v) is 8.53. The van der Waals surface area contributed by atoms with Gasteiger partial charge in [0.05, 0.1) is 29.0 Å². The van der Waals surface area contributed by atoms with E-state index >= 15 is 0 Å². The summed E-state index contributed by atoms with van der Waals surface area (Å²) in [5.74, 6) is -1.21. The molecule has 4 aromatic rings. The molecule has 0 aliphatic carbocycles. The maximum absolute atomic E-state index is 12.9. The van der Waals surface area contributed by atoms with Gasteiger partial charge in [-0.3, -0.25) is 4.79 Å². The van der Waals surface area contributed by atoms with Gasteiger partial charge in [0.25, 0.3) is 0 Å². The Morgan fingerprint density at radius 3 is 2.76 bits per heavy atom. The number of thiazole rings is 1. The predicted octanol–water partition coefficient (Wildman–Crippen LogP) is 3.95. The molecular weight excluding hydrogens is 332 g/mol. The Kier molecular flexibility index (Phi) is 3.84. The quantitative estimate of drug-likeness (QED) is 0.526. The number of rotatable bonds is 4. The summed E-state index contributed by atoms with van der Waals surface area (Å²) in [5.41, 5.74) is 2.86. The fourth-order valence-electron chi connectivity index (χ4n) is 2.67. The summed E-state index contributed by atoms with van der Waals surface area (Å²) in [6, 6.07) is 17.3. The molecule has 0 aliphatic rings. The number of nitrogens with zero attached hydrogens (tertiary/aromatic N) is 4. The number of fused-ring (bicyclic) bond motifs is 1. The van der Waals surface area contributed by atoms with Crippen LogP contribution in [0.2, 0.25) is 0 Å². The Balaban J connectivity index is 1.70. The lowest BCUT2D eigenvalue weighted by Gasteiger charge is -2.04. The Labute approximate surface area is 147 Å². The van der Waals surface area contributed by atoms with E-state index in [1.807, 2.05) is 53.9 Å². The lowest BCUT2D eigenvalue weighted by molar-refractivity contribution is 0.0980. The van der Waals surface area contributed by atoms with Crippen LogP contribution >= 0.6 is 11.3 Å². The SMILES string of the molecule is N#C[C@H](C(=O)c1cnn2ccccc12)c1nc(-c2ccccc2)cs1. The first-order chi connectivity index (χ1) is 12.3. The monoisotopic (exact) mass is 344 g/mol. The molecule has 0 fully saturated rings. The number of nitriles is 1. The molecule has 25 heavy (non-hydrogen) atoms. The van der Waals surface area contributed by atoms with Crippen molar-refractivity contribution in [2.24, 2.45) is 0 Å². The van der Waals surface area contributed by atoms with E-state index in [9.17, 15) is 10.1 Å². The summed E-state index contributed by atoms with van der Waals surface area (Å²) in [4.78, 5) is 17.4. The number of hydrogen-bond donors (Lipinski definition) is 0. The fourth-order valence-corrected chi connectivity index (χ4v) is 3.54. The summed E-state index contributed by atoms with van der Waals surface area (Å²) in [5, 5.41) is 16.1. The van der Waals surface area contributed by atoms with E-state index in [2.05, 4.69) is 16.2 Å². The van der Waals surface area contributed by atoms with Gasteiger partial charge in [0.15, 0.2) is 11.7 Å². The molecule has 3 aromatic heterocycles. The van der Waals surface area contributed by atoms with Gasteiger partial charge in [-0.2, -0.15) is 10.4 Å². The molecule has 1 atom stereocenters. The van der Waals surface area contributed by atoms with Crippen molar-refractivity contribution < 1.29 is 4.79 Å². The van der Waals surface area contributed by atoms with Crippen molar-refractivity contribution in [1.82, 2.24) is 14.6 Å². The molecule has 6 heteroatoms. The van der Waals surface area contributed by atoms with Crippen molar-refractivity contribution in [3.8, 4) is 17.3 Å². The first kappa shape index (κ1) is 15.2. The zero-order valence-corrected chi connectivity index (χ0v) is 13.9. The molecule has 3 heterocycles. The van der Waals surface area contributed by atoms with E-state index in [0.717, 1.165) is 11.3 Å². The molecule has 0 amide bonds. The van der Waals surface area contributed by atoms with E-state index in [-0.39, 0.29) is 5.78 Å². The molecule has 0 N–H and O–H groups in total. The van der Waals surface area contributed by atoms with Gasteiger partial charge in [0, 0.05) is 17.1 Å². The van der Waals surface area contributed by atoms with Crippen molar-refractivity contribution in [2.75, 3.05) is 0 Å². The highest BCUT2D eigenvalue weighted by molar-refractivity contribution is 7.10. The molecule has 0 spiro atoms. The number of carbonyl (C=O) groups is 1. The van der Waals surface area contributed by atoms with Crippen LogP contribution in [-0.2, 0) is 0 Å². The number of carbonyl (C=O) groups excluding carboxylic acids is 1. The number of aromatic nitrogens is 3. The molecule has 4 rings (SSSR count). The van der Waals surface area contributed by atoms with Crippen LogP contribution in [0.4, 0.5) is 0 Å². The van der Waals surface area contributed by atoms with Crippen molar-refractivity contribution in [2.45, 2.75) is 5.92 Å². The predicted molar refractivity (Wildman–Crippen MR) is 95.4 cm³/mol. The minimum absolute atomic E-state index is 0.280. The second-order valence-corrected chi connectivity index (χ2v) is 6.34. The minimum atomic E-state index is -0.935. The average molecular weight is 344 g/mol. The molecule has 0 aliphatic heterocycles. The number of Topliss-reactive ketones (excluding diaryl/α,β-unsaturated/α-hetero) is 1. The van der Waals surface area contributed by atoms with Crippen LogP contribution in [0, 0.1) is 11.3 Å². The zero-order chi connectivity index (χ0) is 17.2. The Morgan fingerprint density at radius 2 is 1.96 bits per heavy atom. The van der Waals surface area contributed by atoms with E-state index < -0.39 is 5.92 Å². The molecular formula is C19H12N4OS. The first-order valence-electron chi connectivity index (χ1n) is 7.65. The molecule has 0 saturated carbocycles. The third-order valence-electron chi connectivity index (χ3n) is 3.92. The van der Waals surface area contributed by atoms with Crippen molar-refractivity contribution in [3.63, 3.8) is 0 Å². The minimum Gasteiger partial charge on any atom is -0.292 e. The standard InChI is InChI=1S/C19H12N4OS/c20-10-14(18(24)15-11-21-23-9-5-4-8-17(15)23)19-22-16(12-25-19)13-6-2-1-3-7-13/h1-9,11-12,14H/t14-/m1/s1. The molecule has 0 radical (unpaired) electrons. The van der Waals surface area contributed by atoms with Crippen LogP contribution < -0.4 is 0 Å². The van der Waals surface area contributed by atoms with Gasteiger partial charge in [-0.1, -0.05) is 36.4 Å². The highest BCUT2D eigenvalue weighted by Gasteiger charge is 2.27. The molecule has 120 valence electrons. The van der Waals surface area contributed by atoms with Crippen LogP contribution in [0.1, 0.15) is 21.3 Å². The van der Waals surface area contributed by atoms with Gasteiger partial charge >= 0.3 is 0 Å². The molecule has 0 bridgehead atoms. The lowest BCUT2D eigenvalue weighted by atomic mass is 10.0. The van der Waals surface area contributed by atoms with E-state index in [4.69, 9.17) is 0 Å². The zero-order valence-electron chi connectivity index (χ0n) is 13.0. The topological polar surface area (TPSA) is 71.0 Å². The molecule has 5 nitrogen and oxygen atoms in total. The van der Waals surface area contributed by atoms with Gasteiger partial charge in [-0.15, -0.1) is 11.3 Å². The fraction of sp³-hybridized carbons (Fsp3) is 0.0526. The molecule has 1 aromatic carbocycles. The highest BCUT2D eigenvalue weighted by atomic mass is 32.1. The number of ketones is 1. The molecule has 0 saturated heterocycles. The van der Waals surface area contributed by atoms with Crippen molar-refractivity contribution in [3.05, 3.63) is 76.9 Å². The van der Waals surface area contributed by atoms with Crippen LogP contribution in [0.25, 0.3) is 16.8 Å². The van der Waals surface area contributed by atoms with Gasteiger partial charge in [-0.05, 0) is 12.1 Å². The summed E-state index contributed by atoms with van der Waals surface area (Å²) < 4.78 is 1.62. The second kappa shape index (κ2) is 6.30. The van der Waals surface area contributed by atoms with Gasteiger partial charge in [0.2, 0.25) is 0 Å². The number of hydrogen-bond acceptors (Lipinski definition) is 5. The maximum atomic E-state index is 12.9. The summed E-state index contributed by atoms with van der Waals surface area (Å²) in [6.07, 6.45) is 3.28. The summed E-state index contributed by atoms with van der Waals surface area (Å²) >= 11 is 1.33. The Morgan fingerprint density at radius 1 is 1.16 bits per heavy atom. The summed E-state index contributed by atoms with van der Waals surface area (Å²) in [6.45, 7) is 0. The van der Waals surface area contributed by atoms with Crippen molar-refractivity contribution in [1.29, 1.82) is 5.26 Å². The normalized spacial score (nSPS) is 12.0. The van der Waals surface area contributed by atoms with Gasteiger partial charge in [0.1, 0.15) is 5.01 Å². The third-order valence-corrected chi connectivity index (χ3v) is 4.83. The van der Waals surface area contributed by atoms with Crippen LogP contribution in [0.5, 0.6) is 0 Å². The Hall–Kier alpha value is -3.30. The third kappa shape index (κ3) is 2.71. The van der Waals surface area contributed by atoms with Crippen molar-refractivity contribution >= 4 is 22.6 Å². The van der Waals surface area contributed by atoms with E-state index in [1.54, 1.807) is 10.7 Å². The van der Waals surface area contributed by atoms with E-state index in [0.29, 0.717) is 16.1 Å². The second-order valence-electron chi connectivity index (χ2n) is 5.45. The maximum Gasteiger partial charge on any atom is 0.190 e. The smallest absolute Gasteiger partial charge is 0.190 e. The largest absolute Gasteiger partial charge is 0.292 e. The molecule has 0 unspecified atom stereocenters. The van der Waals surface area contributed by atoms with Crippen LogP contribution in [-0.4, -0.2) is 20.4 Å². The van der Waals surface area contributed by atoms with Crippen LogP contribution in [0.15, 0.2) is 66.3 Å². The number of benzene rings is 1. The highest BCUT2D eigenvalue weighted by Crippen LogP contribution is 2.29. The van der Waals surface area contributed by atoms with Crippen LogP contribution in [0.3, 0.4) is 0 Å². The summed E-state index contributed by atoms with van der Waals surface area (Å²) in [7, 11) is 0. The number of pyridine rings is 1. The van der Waals surface area contributed by atoms with Gasteiger partial charge in [-0.25, -0.2) is 9.50 Å². The average Bonchev–Trinajstić information content (AvgIpc) is 3.30. The Bertz CT molecular complexity index is 1090. The van der Waals surface area contributed by atoms with E-state index in [1.165, 1.54) is 17.5 Å².